The van der Waals surface area contributed by atoms with E-state index in [-0.39, 0.29) is 12.6 Å². The van der Waals surface area contributed by atoms with E-state index >= 15 is 0 Å². The molecule has 0 bridgehead atoms. The highest BCUT2D eigenvalue weighted by atomic mass is 32.1. The first-order chi connectivity index (χ1) is 8.72. The third kappa shape index (κ3) is 2.43. The van der Waals surface area contributed by atoms with Crippen molar-refractivity contribution in [3.63, 3.8) is 0 Å². The fourth-order valence-corrected chi connectivity index (χ4v) is 2.48. The van der Waals surface area contributed by atoms with Crippen molar-refractivity contribution < 1.29 is 9.53 Å². The Morgan fingerprint density at radius 2 is 2.44 bits per heavy atom. The Balaban J connectivity index is 1.58. The summed E-state index contributed by atoms with van der Waals surface area (Å²) in [6.45, 7) is 0.241. The van der Waals surface area contributed by atoms with Gasteiger partial charge in [-0.3, -0.25) is 4.68 Å². The van der Waals surface area contributed by atoms with Crippen molar-refractivity contribution in [2.24, 2.45) is 7.05 Å². The second-order valence-corrected chi connectivity index (χ2v) is 5.36. The molecular formula is C12H13N3O2S. The van der Waals surface area contributed by atoms with Gasteiger partial charge in [-0.05, 0) is 12.8 Å². The number of nitrogens with zero attached hydrogens (tertiary/aromatic N) is 3. The molecule has 1 saturated carbocycles. The minimum atomic E-state index is -0.355. The quantitative estimate of drug-likeness (QED) is 0.793. The van der Waals surface area contributed by atoms with Crippen molar-refractivity contribution in [2.75, 3.05) is 0 Å². The normalized spacial score (nSPS) is 14.7. The molecule has 0 unspecified atom stereocenters. The molecule has 6 heteroatoms. The SMILES string of the molecule is Cn1cc(C(=O)OCc2nc(C3CC3)cs2)cn1. The van der Waals surface area contributed by atoms with Gasteiger partial charge in [0.15, 0.2) is 0 Å². The lowest BCUT2D eigenvalue weighted by atomic mass is 10.3. The van der Waals surface area contributed by atoms with Crippen LogP contribution >= 0.6 is 11.3 Å². The maximum atomic E-state index is 11.7. The Morgan fingerprint density at radius 3 is 3.11 bits per heavy atom. The molecule has 5 nitrogen and oxygen atoms in total. The van der Waals surface area contributed by atoms with Gasteiger partial charge in [-0.25, -0.2) is 9.78 Å². The van der Waals surface area contributed by atoms with Gasteiger partial charge in [0.1, 0.15) is 11.6 Å². The zero-order chi connectivity index (χ0) is 12.5. The van der Waals surface area contributed by atoms with Crippen LogP contribution in [-0.2, 0) is 18.4 Å². The molecule has 18 heavy (non-hydrogen) atoms. The minimum absolute atomic E-state index is 0.241. The fraction of sp³-hybridized carbons (Fsp3) is 0.417. The summed E-state index contributed by atoms with van der Waals surface area (Å²) in [5.74, 6) is 0.287. The van der Waals surface area contributed by atoms with Gasteiger partial charge < -0.3 is 4.74 Å². The van der Waals surface area contributed by atoms with Gasteiger partial charge in [0.05, 0.1) is 17.5 Å². The molecule has 2 heterocycles. The number of carbonyl (C=O) groups is 1. The van der Waals surface area contributed by atoms with Crippen molar-refractivity contribution in [2.45, 2.75) is 25.4 Å². The Bertz CT molecular complexity index is 571. The number of hydrogen-bond acceptors (Lipinski definition) is 5. The third-order valence-corrected chi connectivity index (χ3v) is 3.67. The third-order valence-electron chi connectivity index (χ3n) is 2.83. The van der Waals surface area contributed by atoms with Crippen LogP contribution in [0.5, 0.6) is 0 Å². The molecule has 1 aliphatic carbocycles. The highest BCUT2D eigenvalue weighted by Crippen LogP contribution is 2.40. The average Bonchev–Trinajstić information content (AvgIpc) is 2.95. The molecule has 0 saturated heterocycles. The highest BCUT2D eigenvalue weighted by molar-refractivity contribution is 7.09. The molecule has 2 aromatic rings. The van der Waals surface area contributed by atoms with E-state index in [0.29, 0.717) is 11.5 Å². The van der Waals surface area contributed by atoms with Crippen LogP contribution in [0.15, 0.2) is 17.8 Å². The zero-order valence-electron chi connectivity index (χ0n) is 10.00. The Kier molecular flexibility index (Phi) is 2.87. The minimum Gasteiger partial charge on any atom is -0.455 e. The van der Waals surface area contributed by atoms with E-state index in [4.69, 9.17) is 4.74 Å². The molecule has 0 radical (unpaired) electrons. The van der Waals surface area contributed by atoms with Crippen molar-refractivity contribution in [1.29, 1.82) is 0 Å². The van der Waals surface area contributed by atoms with Crippen molar-refractivity contribution in [3.05, 3.63) is 34.0 Å². The molecular weight excluding hydrogens is 250 g/mol. The van der Waals surface area contributed by atoms with E-state index in [2.05, 4.69) is 15.5 Å². The maximum Gasteiger partial charge on any atom is 0.341 e. The average molecular weight is 263 g/mol. The van der Waals surface area contributed by atoms with Crippen LogP contribution in [0.25, 0.3) is 0 Å². The highest BCUT2D eigenvalue weighted by Gasteiger charge is 2.26. The standard InChI is InChI=1S/C12H13N3O2S/c1-15-5-9(4-13-15)12(16)17-6-11-14-10(7-18-11)8-2-3-8/h4-5,7-8H,2-3,6H2,1H3. The van der Waals surface area contributed by atoms with Crippen LogP contribution in [0.4, 0.5) is 0 Å². The molecule has 94 valence electrons. The van der Waals surface area contributed by atoms with E-state index in [0.717, 1.165) is 10.7 Å². The van der Waals surface area contributed by atoms with Crippen LogP contribution in [0.2, 0.25) is 0 Å². The first-order valence-electron chi connectivity index (χ1n) is 5.82. The van der Waals surface area contributed by atoms with Gasteiger partial charge in [0.2, 0.25) is 0 Å². The smallest absolute Gasteiger partial charge is 0.341 e. The summed E-state index contributed by atoms with van der Waals surface area (Å²) < 4.78 is 6.77. The molecule has 0 amide bonds. The number of aromatic nitrogens is 3. The largest absolute Gasteiger partial charge is 0.455 e. The Hall–Kier alpha value is -1.69. The molecule has 0 spiro atoms. The molecule has 3 rings (SSSR count). The number of ether oxygens (including phenoxy) is 1. The molecule has 0 aromatic carbocycles. The Morgan fingerprint density at radius 1 is 1.61 bits per heavy atom. The zero-order valence-corrected chi connectivity index (χ0v) is 10.8. The maximum absolute atomic E-state index is 11.7. The van der Waals surface area contributed by atoms with Crippen LogP contribution < -0.4 is 0 Å². The van der Waals surface area contributed by atoms with Crippen molar-refractivity contribution >= 4 is 17.3 Å². The van der Waals surface area contributed by atoms with Crippen LogP contribution in [0.3, 0.4) is 0 Å². The van der Waals surface area contributed by atoms with Crippen LogP contribution in [0, 0.1) is 0 Å². The van der Waals surface area contributed by atoms with E-state index in [1.807, 2.05) is 0 Å². The summed E-state index contributed by atoms with van der Waals surface area (Å²) >= 11 is 1.55. The van der Waals surface area contributed by atoms with Crippen LogP contribution in [0.1, 0.15) is 39.8 Å². The number of hydrogen-bond donors (Lipinski definition) is 0. The van der Waals surface area contributed by atoms with Gasteiger partial charge >= 0.3 is 5.97 Å². The molecule has 2 aromatic heterocycles. The van der Waals surface area contributed by atoms with Gasteiger partial charge in [0, 0.05) is 24.5 Å². The number of aryl methyl sites for hydroxylation is 1. The number of rotatable bonds is 4. The summed E-state index contributed by atoms with van der Waals surface area (Å²) in [4.78, 5) is 16.1. The van der Waals surface area contributed by atoms with E-state index in [1.165, 1.54) is 19.0 Å². The van der Waals surface area contributed by atoms with Crippen molar-refractivity contribution in [1.82, 2.24) is 14.8 Å². The van der Waals surface area contributed by atoms with Gasteiger partial charge in [-0.2, -0.15) is 5.10 Å². The van der Waals surface area contributed by atoms with E-state index in [1.54, 1.807) is 29.3 Å². The summed E-state index contributed by atoms with van der Waals surface area (Å²) in [7, 11) is 1.76. The predicted octanol–water partition coefficient (Wildman–Crippen LogP) is 2.11. The first kappa shape index (κ1) is 11.4. The van der Waals surface area contributed by atoms with Gasteiger partial charge in [-0.1, -0.05) is 0 Å². The van der Waals surface area contributed by atoms with Gasteiger partial charge in [-0.15, -0.1) is 11.3 Å². The Labute approximate surface area is 108 Å². The van der Waals surface area contributed by atoms with Crippen LogP contribution in [-0.4, -0.2) is 20.7 Å². The lowest BCUT2D eigenvalue weighted by Crippen LogP contribution is -2.04. The molecule has 0 atom stereocenters. The predicted molar refractivity (Wildman–Crippen MR) is 66.4 cm³/mol. The summed E-state index contributed by atoms with van der Waals surface area (Å²) in [6.07, 6.45) is 5.61. The van der Waals surface area contributed by atoms with Gasteiger partial charge in [0.25, 0.3) is 0 Å². The molecule has 1 fully saturated rings. The number of esters is 1. The lowest BCUT2D eigenvalue weighted by Gasteiger charge is -1.99. The summed E-state index contributed by atoms with van der Waals surface area (Å²) in [5, 5.41) is 6.85. The van der Waals surface area contributed by atoms with E-state index in [9.17, 15) is 4.79 Å². The first-order valence-corrected chi connectivity index (χ1v) is 6.70. The van der Waals surface area contributed by atoms with Crippen molar-refractivity contribution in [3.8, 4) is 0 Å². The lowest BCUT2D eigenvalue weighted by molar-refractivity contribution is 0.0472. The molecule has 1 aliphatic rings. The number of carbonyl (C=O) groups excluding carboxylic acids is 1. The monoisotopic (exact) mass is 263 g/mol. The van der Waals surface area contributed by atoms with E-state index < -0.39 is 0 Å². The summed E-state index contributed by atoms with van der Waals surface area (Å²) in [5.41, 5.74) is 1.61. The summed E-state index contributed by atoms with van der Waals surface area (Å²) in [6, 6.07) is 0. The second-order valence-electron chi connectivity index (χ2n) is 4.42. The number of thiazole rings is 1. The second kappa shape index (κ2) is 4.53. The fourth-order valence-electron chi connectivity index (χ4n) is 1.70. The molecule has 0 N–H and O–H groups in total. The molecule has 0 aliphatic heterocycles. The topological polar surface area (TPSA) is 57.0 Å².